The zero-order chi connectivity index (χ0) is 11.0. The molecule has 0 N–H and O–H groups in total. The lowest BCUT2D eigenvalue weighted by molar-refractivity contribution is -0.147. The summed E-state index contributed by atoms with van der Waals surface area (Å²) in [4.78, 5) is 11.3. The van der Waals surface area contributed by atoms with E-state index in [0.29, 0.717) is 0 Å². The maximum absolute atomic E-state index is 11.3. The monoisotopic (exact) mass is 217 g/mol. The summed E-state index contributed by atoms with van der Waals surface area (Å²) in [6.07, 6.45) is 1.08. The van der Waals surface area contributed by atoms with E-state index < -0.39 is 26.5 Å². The van der Waals surface area contributed by atoms with Crippen LogP contribution >= 0.6 is 0 Å². The quantitative estimate of drug-likeness (QED) is 0.615. The van der Waals surface area contributed by atoms with Crippen LogP contribution in [0.5, 0.6) is 0 Å². The van der Waals surface area contributed by atoms with Crippen LogP contribution in [0.1, 0.15) is 13.3 Å². The molecule has 1 aliphatic carbocycles. The van der Waals surface area contributed by atoms with Gasteiger partial charge < -0.3 is 4.74 Å². The normalized spacial score (nSPS) is 30.5. The lowest BCUT2D eigenvalue weighted by Gasteiger charge is -2.06. The Bertz CT molecular complexity index is 394. The highest BCUT2D eigenvalue weighted by Crippen LogP contribution is 2.50. The fourth-order valence-electron chi connectivity index (χ4n) is 1.39. The van der Waals surface area contributed by atoms with Gasteiger partial charge in [-0.05, 0) is 13.3 Å². The second kappa shape index (κ2) is 3.24. The Morgan fingerprint density at radius 1 is 1.71 bits per heavy atom. The van der Waals surface area contributed by atoms with E-state index in [9.17, 15) is 13.2 Å². The van der Waals surface area contributed by atoms with E-state index in [1.54, 1.807) is 13.0 Å². The van der Waals surface area contributed by atoms with E-state index in [2.05, 4.69) is 4.74 Å². The second-order valence-corrected chi connectivity index (χ2v) is 5.55. The largest absolute Gasteiger partial charge is 0.465 e. The molecule has 0 saturated heterocycles. The van der Waals surface area contributed by atoms with Gasteiger partial charge in [-0.1, -0.05) is 0 Å². The van der Waals surface area contributed by atoms with Gasteiger partial charge in [0.05, 0.1) is 17.9 Å². The number of carbonyl (C=O) groups excluding carboxylic acids is 1. The number of nitrogens with zero attached hydrogens (tertiary/aromatic N) is 1. The van der Waals surface area contributed by atoms with E-state index in [1.807, 2.05) is 0 Å². The fourth-order valence-corrected chi connectivity index (χ4v) is 2.83. The third-order valence-corrected chi connectivity index (χ3v) is 3.86. The summed E-state index contributed by atoms with van der Waals surface area (Å²) in [6, 6.07) is 1.74. The van der Waals surface area contributed by atoms with Gasteiger partial charge in [-0.2, -0.15) is 5.26 Å². The van der Waals surface area contributed by atoms with E-state index in [-0.39, 0.29) is 13.0 Å². The first kappa shape index (κ1) is 11.0. The van der Waals surface area contributed by atoms with Crippen LogP contribution in [0.3, 0.4) is 0 Å². The van der Waals surface area contributed by atoms with Crippen molar-refractivity contribution < 1.29 is 17.9 Å². The third-order valence-electron chi connectivity index (χ3n) is 2.25. The average molecular weight is 217 g/mol. The molecular formula is C8H11NO4S. The first-order valence-corrected chi connectivity index (χ1v) is 6.11. The van der Waals surface area contributed by atoms with Gasteiger partial charge in [0.15, 0.2) is 15.3 Å². The van der Waals surface area contributed by atoms with Crippen LogP contribution in [0.15, 0.2) is 0 Å². The zero-order valence-electron chi connectivity index (χ0n) is 7.98. The maximum Gasteiger partial charge on any atom is 0.327 e. The predicted octanol–water partition coefficient (Wildman–Crippen LogP) is -0.124. The van der Waals surface area contributed by atoms with Crippen molar-refractivity contribution in [2.24, 2.45) is 5.41 Å². The lowest BCUT2D eigenvalue weighted by Crippen LogP contribution is -2.24. The Morgan fingerprint density at radius 3 is 2.57 bits per heavy atom. The molecule has 0 heterocycles. The SMILES string of the molecule is CCOC(=O)C1(C#N)CC1S(C)(=O)=O. The summed E-state index contributed by atoms with van der Waals surface area (Å²) in [6.45, 7) is 1.76. The zero-order valence-corrected chi connectivity index (χ0v) is 8.80. The van der Waals surface area contributed by atoms with Gasteiger partial charge in [0.1, 0.15) is 0 Å². The van der Waals surface area contributed by atoms with Crippen molar-refractivity contribution in [2.45, 2.75) is 18.6 Å². The number of hydrogen-bond acceptors (Lipinski definition) is 5. The molecule has 1 aliphatic rings. The van der Waals surface area contributed by atoms with Crippen LogP contribution < -0.4 is 0 Å². The molecule has 1 rings (SSSR count). The van der Waals surface area contributed by atoms with Crippen molar-refractivity contribution >= 4 is 15.8 Å². The Morgan fingerprint density at radius 2 is 2.29 bits per heavy atom. The molecule has 1 saturated carbocycles. The molecule has 0 radical (unpaired) electrons. The third kappa shape index (κ3) is 1.60. The Balaban J connectivity index is 2.88. The van der Waals surface area contributed by atoms with E-state index in [1.165, 1.54) is 0 Å². The van der Waals surface area contributed by atoms with Crippen molar-refractivity contribution in [2.75, 3.05) is 12.9 Å². The molecule has 0 bridgehead atoms. The number of nitriles is 1. The van der Waals surface area contributed by atoms with Crippen LogP contribution in [0.25, 0.3) is 0 Å². The first-order valence-electron chi connectivity index (χ1n) is 4.16. The molecule has 6 heteroatoms. The van der Waals surface area contributed by atoms with E-state index in [4.69, 9.17) is 5.26 Å². The van der Waals surface area contributed by atoms with Gasteiger partial charge in [0.2, 0.25) is 0 Å². The van der Waals surface area contributed by atoms with Gasteiger partial charge in [-0.3, -0.25) is 4.79 Å². The molecule has 0 amide bonds. The maximum atomic E-state index is 11.3. The van der Waals surface area contributed by atoms with Gasteiger partial charge in [0.25, 0.3) is 0 Å². The number of sulfone groups is 1. The van der Waals surface area contributed by atoms with Crippen LogP contribution in [0, 0.1) is 16.7 Å². The highest BCUT2D eigenvalue weighted by Gasteiger charge is 2.67. The second-order valence-electron chi connectivity index (χ2n) is 3.33. The summed E-state index contributed by atoms with van der Waals surface area (Å²) in [5.41, 5.74) is -1.44. The summed E-state index contributed by atoms with van der Waals surface area (Å²) >= 11 is 0. The van der Waals surface area contributed by atoms with Crippen LogP contribution in [-0.4, -0.2) is 32.5 Å². The predicted molar refractivity (Wildman–Crippen MR) is 47.9 cm³/mol. The highest BCUT2D eigenvalue weighted by molar-refractivity contribution is 7.91. The molecule has 0 aromatic carbocycles. The van der Waals surface area contributed by atoms with Gasteiger partial charge in [0, 0.05) is 6.26 Å². The van der Waals surface area contributed by atoms with Gasteiger partial charge in [-0.15, -0.1) is 0 Å². The molecule has 0 spiro atoms. The minimum absolute atomic E-state index is 0.0567. The standard InChI is InChI=1S/C8H11NO4S/c1-3-13-7(10)8(5-9)4-6(8)14(2,11)12/h6H,3-4H2,1-2H3. The topological polar surface area (TPSA) is 84.2 Å². The fraction of sp³-hybridized carbons (Fsp3) is 0.750. The number of ether oxygens (including phenoxy) is 1. The smallest absolute Gasteiger partial charge is 0.327 e. The minimum Gasteiger partial charge on any atom is -0.465 e. The first-order chi connectivity index (χ1) is 6.38. The van der Waals surface area contributed by atoms with Crippen molar-refractivity contribution in [1.82, 2.24) is 0 Å². The molecule has 78 valence electrons. The minimum atomic E-state index is -3.34. The number of rotatable bonds is 3. The number of hydrogen-bond donors (Lipinski definition) is 0. The molecule has 1 fully saturated rings. The summed E-state index contributed by atoms with van der Waals surface area (Å²) in [7, 11) is -3.34. The van der Waals surface area contributed by atoms with Crippen LogP contribution in [-0.2, 0) is 19.4 Å². The van der Waals surface area contributed by atoms with Gasteiger partial charge >= 0.3 is 5.97 Å². The van der Waals surface area contributed by atoms with Crippen molar-refractivity contribution in [1.29, 1.82) is 5.26 Å². The molecule has 0 aromatic rings. The Kier molecular flexibility index (Phi) is 2.54. The molecule has 2 unspecified atom stereocenters. The summed E-state index contributed by atoms with van der Waals surface area (Å²) in [5.74, 6) is -0.724. The number of esters is 1. The highest BCUT2D eigenvalue weighted by atomic mass is 32.2. The van der Waals surface area contributed by atoms with E-state index >= 15 is 0 Å². The molecular weight excluding hydrogens is 206 g/mol. The summed E-state index contributed by atoms with van der Waals surface area (Å²) in [5, 5.41) is 7.88. The van der Waals surface area contributed by atoms with Gasteiger partial charge in [-0.25, -0.2) is 8.42 Å². The van der Waals surface area contributed by atoms with Crippen molar-refractivity contribution in [3.63, 3.8) is 0 Å². The van der Waals surface area contributed by atoms with Crippen molar-refractivity contribution in [3.05, 3.63) is 0 Å². The Hall–Kier alpha value is -1.09. The molecule has 5 nitrogen and oxygen atoms in total. The Labute approximate surface area is 82.6 Å². The van der Waals surface area contributed by atoms with Crippen molar-refractivity contribution in [3.8, 4) is 6.07 Å². The molecule has 0 aromatic heterocycles. The van der Waals surface area contributed by atoms with E-state index in [0.717, 1.165) is 6.26 Å². The molecule has 0 aliphatic heterocycles. The average Bonchev–Trinajstić information content (AvgIpc) is 2.79. The lowest BCUT2D eigenvalue weighted by atomic mass is 10.1. The number of carbonyl (C=O) groups is 1. The van der Waals surface area contributed by atoms with Crippen LogP contribution in [0.2, 0.25) is 0 Å². The molecule has 14 heavy (non-hydrogen) atoms. The van der Waals surface area contributed by atoms with Crippen LogP contribution in [0.4, 0.5) is 0 Å². The summed E-state index contributed by atoms with van der Waals surface area (Å²) < 4.78 is 26.9. The molecule has 2 atom stereocenters.